The monoisotopic (exact) mass is 240 g/mol. The van der Waals surface area contributed by atoms with Gasteiger partial charge in [-0.1, -0.05) is 18.2 Å². The highest BCUT2D eigenvalue weighted by molar-refractivity contribution is 5.76. The number of allylic oxidation sites excluding steroid dienone is 1. The highest BCUT2D eigenvalue weighted by Gasteiger charge is 2.21. The van der Waals surface area contributed by atoms with E-state index in [0.717, 1.165) is 35.3 Å². The average Bonchev–Trinajstić information content (AvgIpc) is 2.36. The molecular formula is C15H16N2O. The quantitative estimate of drug-likeness (QED) is 0.878. The smallest absolute Gasteiger partial charge is 0.0894 e. The summed E-state index contributed by atoms with van der Waals surface area (Å²) in [7, 11) is 0. The lowest BCUT2D eigenvalue weighted by Crippen LogP contribution is -2.14. The van der Waals surface area contributed by atoms with Crippen molar-refractivity contribution in [3.05, 3.63) is 41.7 Å². The van der Waals surface area contributed by atoms with E-state index in [1.807, 2.05) is 37.3 Å². The van der Waals surface area contributed by atoms with E-state index in [9.17, 15) is 5.11 Å². The summed E-state index contributed by atoms with van der Waals surface area (Å²) >= 11 is 0. The Kier molecular flexibility index (Phi) is 2.84. The Balaban J connectivity index is 2.11. The largest absolute Gasteiger partial charge is 0.393 e. The first-order valence-electron chi connectivity index (χ1n) is 6.35. The molecule has 0 spiro atoms. The van der Waals surface area contributed by atoms with E-state index in [0.29, 0.717) is 0 Å². The Labute approximate surface area is 106 Å². The van der Waals surface area contributed by atoms with Crippen molar-refractivity contribution >= 4 is 17.1 Å². The molecule has 1 N–H and O–H groups in total. The zero-order valence-corrected chi connectivity index (χ0v) is 10.4. The van der Waals surface area contributed by atoms with Gasteiger partial charge in [-0.25, -0.2) is 9.97 Å². The Morgan fingerprint density at radius 3 is 2.72 bits per heavy atom. The van der Waals surface area contributed by atoms with Crippen LogP contribution in [0.5, 0.6) is 0 Å². The molecule has 1 aliphatic carbocycles. The summed E-state index contributed by atoms with van der Waals surface area (Å²) in [6.07, 6.45) is 5.53. The van der Waals surface area contributed by atoms with E-state index >= 15 is 0 Å². The number of hydrogen-bond acceptors (Lipinski definition) is 3. The van der Waals surface area contributed by atoms with Gasteiger partial charge in [0.15, 0.2) is 0 Å². The average molecular weight is 240 g/mol. The van der Waals surface area contributed by atoms with Crippen molar-refractivity contribution in [2.45, 2.75) is 31.8 Å². The molecule has 2 atom stereocenters. The van der Waals surface area contributed by atoms with E-state index in [1.165, 1.54) is 0 Å². The number of aromatic nitrogens is 2. The number of para-hydroxylation sites is 2. The second-order valence-electron chi connectivity index (χ2n) is 4.90. The number of fused-ring (bicyclic) bond motifs is 2. The molecule has 0 saturated heterocycles. The summed E-state index contributed by atoms with van der Waals surface area (Å²) < 4.78 is 0. The first-order chi connectivity index (χ1) is 8.74. The molecule has 3 nitrogen and oxygen atoms in total. The minimum Gasteiger partial charge on any atom is -0.393 e. The molecule has 18 heavy (non-hydrogen) atoms. The topological polar surface area (TPSA) is 46.0 Å². The molecular weight excluding hydrogens is 224 g/mol. The van der Waals surface area contributed by atoms with Gasteiger partial charge in [-0.3, -0.25) is 0 Å². The number of aliphatic hydroxyl groups excluding tert-OH is 1. The zero-order valence-electron chi connectivity index (χ0n) is 10.4. The van der Waals surface area contributed by atoms with Gasteiger partial charge in [-0.05, 0) is 38.0 Å². The Morgan fingerprint density at radius 2 is 2.00 bits per heavy atom. The molecule has 2 aromatic rings. The molecule has 0 saturated carbocycles. The van der Waals surface area contributed by atoms with Crippen molar-refractivity contribution < 1.29 is 5.11 Å². The number of hydrogen-bond donors (Lipinski definition) is 1. The van der Waals surface area contributed by atoms with Crippen molar-refractivity contribution in [2.75, 3.05) is 0 Å². The lowest BCUT2D eigenvalue weighted by molar-refractivity contribution is 0.173. The minimum atomic E-state index is -0.303. The van der Waals surface area contributed by atoms with Gasteiger partial charge < -0.3 is 5.11 Å². The van der Waals surface area contributed by atoms with Crippen LogP contribution >= 0.6 is 0 Å². The van der Waals surface area contributed by atoms with Crippen LogP contribution in [0.15, 0.2) is 30.3 Å². The molecule has 1 heterocycles. The summed E-state index contributed by atoms with van der Waals surface area (Å²) in [6.45, 7) is 1.83. The number of nitrogens with zero attached hydrogens (tertiary/aromatic N) is 2. The van der Waals surface area contributed by atoms with Crippen molar-refractivity contribution in [3.8, 4) is 0 Å². The molecule has 0 aliphatic heterocycles. The van der Waals surface area contributed by atoms with E-state index in [1.54, 1.807) is 0 Å². The Hall–Kier alpha value is -1.74. The second kappa shape index (κ2) is 4.50. The summed E-state index contributed by atoms with van der Waals surface area (Å²) in [4.78, 5) is 9.37. The zero-order chi connectivity index (χ0) is 12.5. The van der Waals surface area contributed by atoms with E-state index in [2.05, 4.69) is 11.1 Å². The number of benzene rings is 1. The fourth-order valence-electron chi connectivity index (χ4n) is 2.53. The van der Waals surface area contributed by atoms with Gasteiger partial charge >= 0.3 is 0 Å². The fourth-order valence-corrected chi connectivity index (χ4v) is 2.53. The summed E-state index contributed by atoms with van der Waals surface area (Å²) in [5.41, 5.74) is 3.84. The van der Waals surface area contributed by atoms with Gasteiger partial charge in [-0.2, -0.15) is 0 Å². The van der Waals surface area contributed by atoms with E-state index in [-0.39, 0.29) is 12.0 Å². The van der Waals surface area contributed by atoms with Gasteiger partial charge in [0.25, 0.3) is 0 Å². The molecule has 2 unspecified atom stereocenters. The molecule has 1 aliphatic rings. The Morgan fingerprint density at radius 1 is 1.28 bits per heavy atom. The first kappa shape index (κ1) is 11.4. The third-order valence-corrected chi connectivity index (χ3v) is 3.33. The maximum Gasteiger partial charge on any atom is 0.0894 e. The maximum absolute atomic E-state index is 9.57. The maximum atomic E-state index is 9.57. The van der Waals surface area contributed by atoms with Crippen molar-refractivity contribution in [2.24, 2.45) is 0 Å². The highest BCUT2D eigenvalue weighted by atomic mass is 16.3. The lowest BCUT2D eigenvalue weighted by Gasteiger charge is -2.21. The van der Waals surface area contributed by atoms with Crippen molar-refractivity contribution in [1.29, 1.82) is 0 Å². The third-order valence-electron chi connectivity index (χ3n) is 3.33. The summed E-state index contributed by atoms with van der Waals surface area (Å²) in [5, 5.41) is 9.57. The van der Waals surface area contributed by atoms with Gasteiger partial charge in [0, 0.05) is 5.92 Å². The summed E-state index contributed by atoms with van der Waals surface area (Å²) in [5.74, 6) is 0.280. The molecule has 1 aromatic carbocycles. The van der Waals surface area contributed by atoms with Crippen LogP contribution in [0.2, 0.25) is 0 Å². The van der Waals surface area contributed by atoms with Crippen LogP contribution in [0, 0.1) is 0 Å². The second-order valence-corrected chi connectivity index (χ2v) is 4.90. The third kappa shape index (κ3) is 2.02. The molecule has 0 amide bonds. The van der Waals surface area contributed by atoms with E-state index < -0.39 is 0 Å². The SMILES string of the molecule is CC(O)CC1CC=Cc2nc3ccccc3nc21. The van der Waals surface area contributed by atoms with Gasteiger partial charge in [-0.15, -0.1) is 0 Å². The minimum absolute atomic E-state index is 0.280. The Bertz CT molecular complexity index is 604. The predicted octanol–water partition coefficient (Wildman–Crippen LogP) is 2.90. The molecule has 3 heteroatoms. The first-order valence-corrected chi connectivity index (χ1v) is 6.35. The van der Waals surface area contributed by atoms with Gasteiger partial charge in [0.1, 0.15) is 0 Å². The number of rotatable bonds is 2. The number of aliphatic hydroxyl groups is 1. The lowest BCUT2D eigenvalue weighted by atomic mass is 9.89. The van der Waals surface area contributed by atoms with Gasteiger partial charge in [0.05, 0.1) is 28.5 Å². The predicted molar refractivity (Wildman–Crippen MR) is 72.2 cm³/mol. The molecule has 0 radical (unpaired) electrons. The summed E-state index contributed by atoms with van der Waals surface area (Å²) in [6, 6.07) is 7.92. The fraction of sp³-hybridized carbons (Fsp3) is 0.333. The van der Waals surface area contributed by atoms with Crippen LogP contribution in [0.4, 0.5) is 0 Å². The molecule has 1 aromatic heterocycles. The van der Waals surface area contributed by atoms with Crippen LogP contribution < -0.4 is 0 Å². The van der Waals surface area contributed by atoms with Crippen molar-refractivity contribution in [1.82, 2.24) is 9.97 Å². The van der Waals surface area contributed by atoms with E-state index in [4.69, 9.17) is 4.98 Å². The van der Waals surface area contributed by atoms with Crippen LogP contribution in [-0.4, -0.2) is 21.2 Å². The van der Waals surface area contributed by atoms with Crippen LogP contribution in [-0.2, 0) is 0 Å². The van der Waals surface area contributed by atoms with Crippen molar-refractivity contribution in [3.63, 3.8) is 0 Å². The van der Waals surface area contributed by atoms with Crippen LogP contribution in [0.25, 0.3) is 17.1 Å². The highest BCUT2D eigenvalue weighted by Crippen LogP contribution is 2.31. The molecule has 3 rings (SSSR count). The molecule has 0 fully saturated rings. The van der Waals surface area contributed by atoms with Crippen LogP contribution in [0.1, 0.15) is 37.1 Å². The standard InChI is InChI=1S/C15H16N2O/c1-10(18)9-11-5-4-8-14-15(11)17-13-7-3-2-6-12(13)16-14/h2-4,6-8,10-11,18H,5,9H2,1H3. The van der Waals surface area contributed by atoms with Gasteiger partial charge in [0.2, 0.25) is 0 Å². The van der Waals surface area contributed by atoms with Crippen LogP contribution in [0.3, 0.4) is 0 Å². The molecule has 0 bridgehead atoms. The molecule has 92 valence electrons. The normalized spacial score (nSPS) is 19.8.